The smallest absolute Gasteiger partial charge is 0.0137 e. The van der Waals surface area contributed by atoms with Gasteiger partial charge >= 0.3 is 0 Å². The average molecular weight is 304 g/mol. The third-order valence-electron chi connectivity index (χ3n) is 12.3. The molecule has 0 aromatic carbocycles. The summed E-state index contributed by atoms with van der Waals surface area (Å²) in [5, 5.41) is 0. The standard InChI is InChI=1S/C23H28/c1-7-6-10-11(7)15-14(10)18-19(15)23-21-17-13-9-5-3-2-4-8(9)12(13)16(17)20(21)22(18)23/h8-23H,1-6H2. The van der Waals surface area contributed by atoms with Crippen LogP contribution < -0.4 is 0 Å². The SMILES string of the molecule is C=C1CC2C1C1C2C2C1C1C3C4C5C6CCCCC6C5C4C3C21. The van der Waals surface area contributed by atoms with Crippen LogP contribution in [0, 0.1) is 94.7 Å². The van der Waals surface area contributed by atoms with Crippen molar-refractivity contribution in [3.63, 3.8) is 0 Å². The monoisotopic (exact) mass is 304 g/mol. The summed E-state index contributed by atoms with van der Waals surface area (Å²) in [7, 11) is 0. The Balaban J connectivity index is 1.04. The summed E-state index contributed by atoms with van der Waals surface area (Å²) in [5.41, 5.74) is 1.66. The van der Waals surface area contributed by atoms with E-state index >= 15 is 0 Å². The van der Waals surface area contributed by atoms with Crippen LogP contribution in [-0.4, -0.2) is 0 Å². The molecular formula is C23H28. The molecule has 9 fully saturated rings. The lowest BCUT2D eigenvalue weighted by atomic mass is 9.10. The van der Waals surface area contributed by atoms with Crippen molar-refractivity contribution < 1.29 is 0 Å². The van der Waals surface area contributed by atoms with Crippen molar-refractivity contribution in [1.82, 2.24) is 0 Å². The lowest BCUT2D eigenvalue weighted by molar-refractivity contribution is -0.473. The maximum atomic E-state index is 4.37. The van der Waals surface area contributed by atoms with E-state index in [9.17, 15) is 0 Å². The van der Waals surface area contributed by atoms with E-state index in [0.717, 1.165) is 11.8 Å². The summed E-state index contributed by atoms with van der Waals surface area (Å²) >= 11 is 0. The second-order valence-corrected chi connectivity index (χ2v) is 11.6. The van der Waals surface area contributed by atoms with Crippen LogP contribution in [0.4, 0.5) is 0 Å². The molecule has 0 aliphatic heterocycles. The minimum atomic E-state index is 1.04. The second kappa shape index (κ2) is 3.01. The van der Waals surface area contributed by atoms with E-state index in [1.54, 1.807) is 31.3 Å². The quantitative estimate of drug-likeness (QED) is 0.457. The van der Waals surface area contributed by atoms with Crippen molar-refractivity contribution >= 4 is 0 Å². The second-order valence-electron chi connectivity index (χ2n) is 11.6. The highest BCUT2D eigenvalue weighted by molar-refractivity contribution is 5.40. The molecule has 120 valence electrons. The summed E-state index contributed by atoms with van der Waals surface area (Å²) in [6.45, 7) is 4.37. The van der Waals surface area contributed by atoms with E-state index in [0.29, 0.717) is 0 Å². The molecule has 9 saturated carbocycles. The molecule has 0 radical (unpaired) electrons. The summed E-state index contributed by atoms with van der Waals surface area (Å²) in [6.07, 6.45) is 7.83. The van der Waals surface area contributed by atoms with E-state index in [1.165, 1.54) is 89.3 Å². The molecule has 9 aliphatic carbocycles. The highest BCUT2D eigenvalue weighted by Gasteiger charge is 2.90. The zero-order valence-corrected chi connectivity index (χ0v) is 14.0. The molecule has 0 nitrogen and oxygen atoms in total. The van der Waals surface area contributed by atoms with Gasteiger partial charge in [-0.2, -0.15) is 0 Å². The van der Waals surface area contributed by atoms with Gasteiger partial charge in [-0.15, -0.1) is 0 Å². The van der Waals surface area contributed by atoms with Crippen LogP contribution in [0.1, 0.15) is 32.1 Å². The lowest BCUT2D eigenvalue weighted by Crippen LogP contribution is -2.91. The van der Waals surface area contributed by atoms with Gasteiger partial charge in [-0.3, -0.25) is 0 Å². The van der Waals surface area contributed by atoms with Gasteiger partial charge in [0.05, 0.1) is 0 Å². The predicted molar refractivity (Wildman–Crippen MR) is 88.1 cm³/mol. The number of hydrogen-bond acceptors (Lipinski definition) is 0. The Labute approximate surface area is 139 Å². The maximum absolute atomic E-state index is 4.37. The van der Waals surface area contributed by atoms with Gasteiger partial charge in [-0.05, 0) is 114 Å². The molecule has 0 aromatic heterocycles. The van der Waals surface area contributed by atoms with Crippen LogP contribution in [0.3, 0.4) is 0 Å². The fourth-order valence-corrected chi connectivity index (χ4v) is 12.1. The van der Waals surface area contributed by atoms with Gasteiger partial charge in [0, 0.05) is 0 Å². The molecule has 0 saturated heterocycles. The topological polar surface area (TPSA) is 0 Å². The third-order valence-corrected chi connectivity index (χ3v) is 12.3. The molecule has 0 spiro atoms. The normalized spacial score (nSPS) is 82.0. The summed E-state index contributed by atoms with van der Waals surface area (Å²) in [4.78, 5) is 0. The number of fused-ring (bicyclic) bond motifs is 22. The summed E-state index contributed by atoms with van der Waals surface area (Å²) in [5.74, 6) is 19.6. The van der Waals surface area contributed by atoms with Gasteiger partial charge in [0.2, 0.25) is 0 Å². The zero-order chi connectivity index (χ0) is 14.4. The molecule has 9 aliphatic rings. The minimum Gasteiger partial charge on any atom is -0.0995 e. The Hall–Kier alpha value is -0.260. The molecule has 9 rings (SSSR count). The van der Waals surface area contributed by atoms with Crippen LogP contribution in [-0.2, 0) is 0 Å². The molecule has 16 atom stereocenters. The third kappa shape index (κ3) is 0.803. The van der Waals surface area contributed by atoms with Gasteiger partial charge in [0.15, 0.2) is 0 Å². The molecule has 0 aromatic rings. The van der Waals surface area contributed by atoms with Gasteiger partial charge in [-0.25, -0.2) is 0 Å². The number of hydrogen-bond donors (Lipinski definition) is 0. The van der Waals surface area contributed by atoms with Crippen molar-refractivity contribution in [2.45, 2.75) is 32.1 Å². The number of allylic oxidation sites excluding steroid dienone is 1. The van der Waals surface area contributed by atoms with Crippen molar-refractivity contribution in [2.75, 3.05) is 0 Å². The Bertz CT molecular complexity index is 690. The molecule has 0 bridgehead atoms. The van der Waals surface area contributed by atoms with Gasteiger partial charge in [0.25, 0.3) is 0 Å². The Morgan fingerprint density at radius 1 is 0.522 bits per heavy atom. The van der Waals surface area contributed by atoms with E-state index in [1.807, 2.05) is 0 Å². The fraction of sp³-hybridized carbons (Fsp3) is 0.913. The molecule has 0 heteroatoms. The van der Waals surface area contributed by atoms with Crippen molar-refractivity contribution in [3.8, 4) is 0 Å². The average Bonchev–Trinajstić information content (AvgIpc) is 2.50. The zero-order valence-electron chi connectivity index (χ0n) is 14.0. The highest BCUT2D eigenvalue weighted by atomic mass is 14.9. The first-order valence-corrected chi connectivity index (χ1v) is 11.1. The molecule has 16 unspecified atom stereocenters. The largest absolute Gasteiger partial charge is 0.0995 e. The van der Waals surface area contributed by atoms with Gasteiger partial charge in [0.1, 0.15) is 0 Å². The van der Waals surface area contributed by atoms with Crippen molar-refractivity contribution in [2.24, 2.45) is 94.7 Å². The molecule has 23 heavy (non-hydrogen) atoms. The van der Waals surface area contributed by atoms with E-state index < -0.39 is 0 Å². The van der Waals surface area contributed by atoms with Crippen LogP contribution in [0.15, 0.2) is 12.2 Å². The van der Waals surface area contributed by atoms with Gasteiger partial charge in [-0.1, -0.05) is 25.0 Å². The number of rotatable bonds is 0. The van der Waals surface area contributed by atoms with E-state index in [2.05, 4.69) is 6.58 Å². The first-order valence-electron chi connectivity index (χ1n) is 11.1. The van der Waals surface area contributed by atoms with Gasteiger partial charge < -0.3 is 0 Å². The molecule has 0 heterocycles. The summed E-state index contributed by atoms with van der Waals surface area (Å²) in [6, 6.07) is 0. The van der Waals surface area contributed by atoms with Crippen molar-refractivity contribution in [3.05, 3.63) is 12.2 Å². The van der Waals surface area contributed by atoms with Crippen LogP contribution >= 0.6 is 0 Å². The fourth-order valence-electron chi connectivity index (χ4n) is 12.1. The minimum absolute atomic E-state index is 1.04. The van der Waals surface area contributed by atoms with E-state index in [4.69, 9.17) is 0 Å². The van der Waals surface area contributed by atoms with Crippen LogP contribution in [0.5, 0.6) is 0 Å². The molecular weight excluding hydrogens is 276 g/mol. The Morgan fingerprint density at radius 3 is 1.48 bits per heavy atom. The first kappa shape index (κ1) is 11.4. The Morgan fingerprint density at radius 2 is 0.957 bits per heavy atom. The maximum Gasteiger partial charge on any atom is -0.0137 e. The molecule has 0 N–H and O–H groups in total. The summed E-state index contributed by atoms with van der Waals surface area (Å²) < 4.78 is 0. The first-order chi connectivity index (χ1) is 11.4. The van der Waals surface area contributed by atoms with Crippen LogP contribution in [0.2, 0.25) is 0 Å². The lowest BCUT2D eigenvalue weighted by Gasteiger charge is -2.94. The Kier molecular flexibility index (Phi) is 1.49. The molecule has 0 amide bonds. The van der Waals surface area contributed by atoms with E-state index in [-0.39, 0.29) is 0 Å². The highest BCUT2D eigenvalue weighted by Crippen LogP contribution is 2.93. The predicted octanol–water partition coefficient (Wildman–Crippen LogP) is 4.47. The van der Waals surface area contributed by atoms with Crippen LogP contribution in [0.25, 0.3) is 0 Å². The van der Waals surface area contributed by atoms with Crippen molar-refractivity contribution in [1.29, 1.82) is 0 Å².